The normalized spacial score (nSPS) is 12.2. The second-order valence-corrected chi connectivity index (χ2v) is 2.60. The molecule has 70 valence electrons. The Bertz CT molecular complexity index is 185. The first-order valence-corrected chi connectivity index (χ1v) is 4.23. The summed E-state index contributed by atoms with van der Waals surface area (Å²) in [7, 11) is 1.37. The third-order valence-electron chi connectivity index (χ3n) is 1.69. The molecule has 0 radical (unpaired) electrons. The monoisotopic (exact) mass is 171 g/mol. The molecule has 3 heteroatoms. The zero-order valence-electron chi connectivity index (χ0n) is 8.02. The van der Waals surface area contributed by atoms with Crippen LogP contribution < -0.4 is 5.73 Å². The number of allylic oxidation sites excluding steroid dienone is 1. The van der Waals surface area contributed by atoms with E-state index in [4.69, 9.17) is 5.73 Å². The van der Waals surface area contributed by atoms with Crippen molar-refractivity contribution in [3.05, 3.63) is 11.3 Å². The van der Waals surface area contributed by atoms with Gasteiger partial charge in [0.1, 0.15) is 0 Å². The molecule has 12 heavy (non-hydrogen) atoms. The standard InChI is InChI=1S/C9H17NO2/c1-4-6-8(10)7(5-2)9(11)12-3/h4-6,10H2,1-3H3. The second kappa shape index (κ2) is 5.63. The average Bonchev–Trinajstić information content (AvgIpc) is 2.06. The lowest BCUT2D eigenvalue weighted by Crippen LogP contribution is -2.12. The smallest absolute Gasteiger partial charge is 0.335 e. The molecule has 2 N–H and O–H groups in total. The highest BCUT2D eigenvalue weighted by atomic mass is 16.5. The Morgan fingerprint density at radius 1 is 1.42 bits per heavy atom. The van der Waals surface area contributed by atoms with Gasteiger partial charge in [0.25, 0.3) is 0 Å². The van der Waals surface area contributed by atoms with E-state index < -0.39 is 0 Å². The van der Waals surface area contributed by atoms with Gasteiger partial charge in [-0.15, -0.1) is 0 Å². The molecule has 0 spiro atoms. The molecule has 0 saturated heterocycles. The number of hydrogen-bond acceptors (Lipinski definition) is 3. The van der Waals surface area contributed by atoms with Gasteiger partial charge in [-0.3, -0.25) is 0 Å². The Morgan fingerprint density at radius 2 is 2.00 bits per heavy atom. The summed E-state index contributed by atoms with van der Waals surface area (Å²) < 4.78 is 4.59. The Balaban J connectivity index is 4.48. The summed E-state index contributed by atoms with van der Waals surface area (Å²) in [5.74, 6) is -0.302. The van der Waals surface area contributed by atoms with E-state index in [1.165, 1.54) is 7.11 Å². The zero-order valence-corrected chi connectivity index (χ0v) is 8.02. The summed E-state index contributed by atoms with van der Waals surface area (Å²) in [5.41, 5.74) is 6.96. The van der Waals surface area contributed by atoms with E-state index >= 15 is 0 Å². The minimum Gasteiger partial charge on any atom is -0.466 e. The minimum atomic E-state index is -0.302. The molecular weight excluding hydrogens is 154 g/mol. The molecule has 0 aromatic rings. The van der Waals surface area contributed by atoms with E-state index in [1.807, 2.05) is 13.8 Å². The van der Waals surface area contributed by atoms with Crippen molar-refractivity contribution in [1.82, 2.24) is 0 Å². The topological polar surface area (TPSA) is 52.3 Å². The molecule has 0 aromatic carbocycles. The summed E-state index contributed by atoms with van der Waals surface area (Å²) >= 11 is 0. The van der Waals surface area contributed by atoms with E-state index in [-0.39, 0.29) is 5.97 Å². The van der Waals surface area contributed by atoms with Crippen LogP contribution in [0.25, 0.3) is 0 Å². The molecule has 3 nitrogen and oxygen atoms in total. The number of carbonyl (C=O) groups is 1. The largest absolute Gasteiger partial charge is 0.466 e. The lowest BCUT2D eigenvalue weighted by atomic mass is 10.1. The molecule has 0 fully saturated rings. The number of hydrogen-bond donors (Lipinski definition) is 1. The SMILES string of the molecule is CCCC(N)=C(CC)C(=O)OC. The van der Waals surface area contributed by atoms with E-state index in [2.05, 4.69) is 4.74 Å². The van der Waals surface area contributed by atoms with Crippen LogP contribution in [0.3, 0.4) is 0 Å². The van der Waals surface area contributed by atoms with Crippen molar-refractivity contribution in [3.63, 3.8) is 0 Å². The van der Waals surface area contributed by atoms with Crippen LogP contribution in [0.2, 0.25) is 0 Å². The molecule has 0 amide bonds. The fourth-order valence-corrected chi connectivity index (χ4v) is 1.05. The Kier molecular flexibility index (Phi) is 5.17. The highest BCUT2D eigenvalue weighted by Gasteiger charge is 2.10. The van der Waals surface area contributed by atoms with Crippen molar-refractivity contribution in [2.24, 2.45) is 5.73 Å². The first-order valence-electron chi connectivity index (χ1n) is 4.23. The van der Waals surface area contributed by atoms with Gasteiger partial charge in [-0.1, -0.05) is 20.3 Å². The van der Waals surface area contributed by atoms with Gasteiger partial charge in [-0.05, 0) is 12.8 Å². The van der Waals surface area contributed by atoms with Gasteiger partial charge < -0.3 is 10.5 Å². The van der Waals surface area contributed by atoms with Crippen molar-refractivity contribution in [1.29, 1.82) is 0 Å². The van der Waals surface area contributed by atoms with Crippen LogP contribution in [0.4, 0.5) is 0 Å². The van der Waals surface area contributed by atoms with Gasteiger partial charge in [0.05, 0.1) is 12.7 Å². The van der Waals surface area contributed by atoms with Gasteiger partial charge in [0.15, 0.2) is 0 Å². The molecule has 0 saturated carbocycles. The predicted octanol–water partition coefficient (Wildman–Crippen LogP) is 1.58. The van der Waals surface area contributed by atoms with Crippen LogP contribution >= 0.6 is 0 Å². The summed E-state index contributed by atoms with van der Waals surface area (Å²) in [6.07, 6.45) is 2.35. The quantitative estimate of drug-likeness (QED) is 0.516. The van der Waals surface area contributed by atoms with Crippen LogP contribution in [0, 0.1) is 0 Å². The number of carbonyl (C=O) groups excluding carboxylic acids is 1. The molecular formula is C9H17NO2. The van der Waals surface area contributed by atoms with Crippen LogP contribution in [-0.2, 0) is 9.53 Å². The number of methoxy groups -OCH3 is 1. The molecule has 0 aliphatic carbocycles. The number of ether oxygens (including phenoxy) is 1. The first-order chi connectivity index (χ1) is 5.67. The third kappa shape index (κ3) is 2.95. The zero-order chi connectivity index (χ0) is 9.56. The maximum Gasteiger partial charge on any atom is 0.335 e. The second-order valence-electron chi connectivity index (χ2n) is 2.60. The summed E-state index contributed by atoms with van der Waals surface area (Å²) in [6, 6.07) is 0. The Morgan fingerprint density at radius 3 is 2.33 bits per heavy atom. The molecule has 0 rings (SSSR count). The highest BCUT2D eigenvalue weighted by Crippen LogP contribution is 2.10. The molecule has 0 aliphatic heterocycles. The van der Waals surface area contributed by atoms with Crippen molar-refractivity contribution in [3.8, 4) is 0 Å². The third-order valence-corrected chi connectivity index (χ3v) is 1.69. The molecule has 0 atom stereocenters. The number of nitrogens with two attached hydrogens (primary N) is 1. The van der Waals surface area contributed by atoms with E-state index in [1.54, 1.807) is 0 Å². The van der Waals surface area contributed by atoms with Crippen LogP contribution in [0.1, 0.15) is 33.1 Å². The summed E-state index contributed by atoms with van der Waals surface area (Å²) in [5, 5.41) is 0. The van der Waals surface area contributed by atoms with E-state index in [0.29, 0.717) is 17.7 Å². The minimum absolute atomic E-state index is 0.302. The van der Waals surface area contributed by atoms with Crippen molar-refractivity contribution >= 4 is 5.97 Å². The molecule has 0 bridgehead atoms. The van der Waals surface area contributed by atoms with Gasteiger partial charge in [0, 0.05) is 5.70 Å². The van der Waals surface area contributed by atoms with Crippen molar-refractivity contribution < 1.29 is 9.53 Å². The van der Waals surface area contributed by atoms with Crippen molar-refractivity contribution in [2.75, 3.05) is 7.11 Å². The van der Waals surface area contributed by atoms with Gasteiger partial charge in [0.2, 0.25) is 0 Å². The van der Waals surface area contributed by atoms with E-state index in [0.717, 1.165) is 12.8 Å². The maximum atomic E-state index is 11.1. The number of esters is 1. The molecule has 0 unspecified atom stereocenters. The molecule has 0 aromatic heterocycles. The van der Waals surface area contributed by atoms with Gasteiger partial charge in [-0.2, -0.15) is 0 Å². The Hall–Kier alpha value is -0.990. The predicted molar refractivity (Wildman–Crippen MR) is 48.4 cm³/mol. The molecule has 0 heterocycles. The van der Waals surface area contributed by atoms with Crippen LogP contribution in [0.15, 0.2) is 11.3 Å². The van der Waals surface area contributed by atoms with Gasteiger partial charge >= 0.3 is 5.97 Å². The Labute approximate surface area is 73.6 Å². The first kappa shape index (κ1) is 11.0. The highest BCUT2D eigenvalue weighted by molar-refractivity contribution is 5.88. The van der Waals surface area contributed by atoms with Gasteiger partial charge in [-0.25, -0.2) is 4.79 Å². The lowest BCUT2D eigenvalue weighted by Gasteiger charge is -2.06. The van der Waals surface area contributed by atoms with Crippen LogP contribution in [0.5, 0.6) is 0 Å². The maximum absolute atomic E-state index is 11.1. The summed E-state index contributed by atoms with van der Waals surface area (Å²) in [6.45, 7) is 3.92. The fourth-order valence-electron chi connectivity index (χ4n) is 1.05. The molecule has 0 aliphatic rings. The summed E-state index contributed by atoms with van der Waals surface area (Å²) in [4.78, 5) is 11.1. The average molecular weight is 171 g/mol. The fraction of sp³-hybridized carbons (Fsp3) is 0.667. The van der Waals surface area contributed by atoms with Crippen LogP contribution in [-0.4, -0.2) is 13.1 Å². The van der Waals surface area contributed by atoms with Crippen molar-refractivity contribution in [2.45, 2.75) is 33.1 Å². The van der Waals surface area contributed by atoms with E-state index in [9.17, 15) is 4.79 Å². The lowest BCUT2D eigenvalue weighted by molar-refractivity contribution is -0.136. The number of rotatable bonds is 4.